The van der Waals surface area contributed by atoms with E-state index in [1.165, 1.54) is 12.1 Å². The first kappa shape index (κ1) is 12.3. The van der Waals surface area contributed by atoms with Crippen molar-refractivity contribution in [2.45, 2.75) is 6.18 Å². The minimum atomic E-state index is -4.62. The molecular formula is C12H8F3NO2. The molecule has 0 saturated heterocycles. The molecule has 94 valence electrons. The number of Topliss-reactive ketones (excluding diaryl/α,β-unsaturated/α-hetero) is 1. The van der Waals surface area contributed by atoms with E-state index in [-0.39, 0.29) is 17.8 Å². The average molecular weight is 255 g/mol. The highest BCUT2D eigenvalue weighted by molar-refractivity contribution is 6.52. The lowest BCUT2D eigenvalue weighted by Crippen LogP contribution is -2.30. The number of hydrogen-bond donors (Lipinski definition) is 0. The fourth-order valence-electron chi connectivity index (χ4n) is 1.89. The molecule has 0 aromatic heterocycles. The van der Waals surface area contributed by atoms with Gasteiger partial charge >= 0.3 is 6.18 Å². The molecule has 0 N–H and O–H groups in total. The minimum Gasteiger partial charge on any atom is -0.300 e. The van der Waals surface area contributed by atoms with Crippen molar-refractivity contribution in [3.63, 3.8) is 0 Å². The molecule has 0 saturated carbocycles. The first-order valence-corrected chi connectivity index (χ1v) is 5.05. The van der Waals surface area contributed by atoms with Gasteiger partial charge in [0.1, 0.15) is 0 Å². The van der Waals surface area contributed by atoms with Gasteiger partial charge in [-0.05, 0) is 12.1 Å². The topological polar surface area (TPSA) is 37.4 Å². The van der Waals surface area contributed by atoms with E-state index in [2.05, 4.69) is 6.58 Å². The predicted molar refractivity (Wildman–Crippen MR) is 58.3 cm³/mol. The summed E-state index contributed by atoms with van der Waals surface area (Å²) in [6.07, 6.45) is -3.34. The van der Waals surface area contributed by atoms with Crippen LogP contribution in [-0.4, -0.2) is 18.2 Å². The lowest BCUT2D eigenvalue weighted by Gasteiger charge is -2.19. The zero-order valence-electron chi connectivity index (χ0n) is 9.12. The van der Waals surface area contributed by atoms with E-state index >= 15 is 0 Å². The van der Waals surface area contributed by atoms with Crippen LogP contribution in [0.4, 0.5) is 18.9 Å². The summed E-state index contributed by atoms with van der Waals surface area (Å²) in [4.78, 5) is 24.0. The number of ketones is 1. The summed E-state index contributed by atoms with van der Waals surface area (Å²) >= 11 is 0. The number of anilines is 1. The molecule has 1 aromatic rings. The Kier molecular flexibility index (Phi) is 2.73. The van der Waals surface area contributed by atoms with E-state index in [0.29, 0.717) is 0 Å². The Morgan fingerprint density at radius 1 is 1.28 bits per heavy atom. The molecule has 0 aliphatic carbocycles. The fraction of sp³-hybridized carbons (Fsp3) is 0.167. The first-order valence-electron chi connectivity index (χ1n) is 5.05. The second-order valence-corrected chi connectivity index (χ2v) is 3.73. The van der Waals surface area contributed by atoms with Crippen molar-refractivity contribution < 1.29 is 22.8 Å². The molecular weight excluding hydrogens is 247 g/mol. The normalized spacial score (nSPS) is 14.9. The van der Waals surface area contributed by atoms with Gasteiger partial charge in [-0.3, -0.25) is 9.59 Å². The molecule has 6 heteroatoms. The van der Waals surface area contributed by atoms with Gasteiger partial charge in [-0.15, -0.1) is 6.58 Å². The number of carbonyl (C=O) groups is 2. The van der Waals surface area contributed by atoms with Gasteiger partial charge in [-0.25, -0.2) is 0 Å². The van der Waals surface area contributed by atoms with E-state index in [4.69, 9.17) is 0 Å². The Balaban J connectivity index is 2.68. The lowest BCUT2D eigenvalue weighted by atomic mass is 10.1. The third-order valence-electron chi connectivity index (χ3n) is 2.61. The second-order valence-electron chi connectivity index (χ2n) is 3.73. The van der Waals surface area contributed by atoms with Crippen molar-refractivity contribution in [3.8, 4) is 0 Å². The summed E-state index contributed by atoms with van der Waals surface area (Å²) < 4.78 is 38.5. The summed E-state index contributed by atoms with van der Waals surface area (Å²) in [6.45, 7) is 3.23. The molecule has 1 aromatic carbocycles. The molecule has 0 atom stereocenters. The predicted octanol–water partition coefficient (Wildman–Crippen LogP) is 2.42. The largest absolute Gasteiger partial charge is 0.418 e. The molecule has 1 aliphatic heterocycles. The molecule has 1 heterocycles. The zero-order chi connectivity index (χ0) is 13.5. The molecule has 1 amide bonds. The Morgan fingerprint density at radius 3 is 2.50 bits per heavy atom. The summed E-state index contributed by atoms with van der Waals surface area (Å²) in [5.41, 5.74) is -1.57. The van der Waals surface area contributed by atoms with Gasteiger partial charge in [0.15, 0.2) is 0 Å². The molecule has 0 bridgehead atoms. The Bertz CT molecular complexity index is 549. The van der Waals surface area contributed by atoms with Crippen molar-refractivity contribution in [3.05, 3.63) is 42.0 Å². The molecule has 18 heavy (non-hydrogen) atoms. The Morgan fingerprint density at radius 2 is 1.94 bits per heavy atom. The maximum absolute atomic E-state index is 12.8. The summed E-state index contributed by atoms with van der Waals surface area (Å²) in [6, 6.07) is 3.18. The van der Waals surface area contributed by atoms with Crippen molar-refractivity contribution in [2.75, 3.05) is 11.4 Å². The minimum absolute atomic E-state index is 0.134. The van der Waals surface area contributed by atoms with Crippen LogP contribution in [0, 0.1) is 0 Å². The molecule has 0 spiro atoms. The number of hydrogen-bond acceptors (Lipinski definition) is 2. The summed E-state index contributed by atoms with van der Waals surface area (Å²) in [5, 5.41) is 0. The molecule has 0 radical (unpaired) electrons. The molecule has 0 fully saturated rings. The van der Waals surface area contributed by atoms with Gasteiger partial charge in [0, 0.05) is 6.54 Å². The van der Waals surface area contributed by atoms with Crippen LogP contribution in [0.3, 0.4) is 0 Å². The van der Waals surface area contributed by atoms with E-state index < -0.39 is 23.4 Å². The van der Waals surface area contributed by atoms with E-state index in [9.17, 15) is 22.8 Å². The van der Waals surface area contributed by atoms with Gasteiger partial charge in [0.25, 0.3) is 11.7 Å². The third kappa shape index (κ3) is 1.70. The van der Waals surface area contributed by atoms with Crippen LogP contribution >= 0.6 is 0 Å². The number of para-hydroxylation sites is 1. The van der Waals surface area contributed by atoms with Gasteiger partial charge < -0.3 is 4.90 Å². The van der Waals surface area contributed by atoms with Crippen LogP contribution in [0.25, 0.3) is 0 Å². The van der Waals surface area contributed by atoms with E-state index in [1.807, 2.05) is 0 Å². The third-order valence-corrected chi connectivity index (χ3v) is 2.61. The number of rotatable bonds is 2. The maximum atomic E-state index is 12.8. The van der Waals surface area contributed by atoms with Gasteiger partial charge in [0.05, 0.1) is 16.8 Å². The summed E-state index contributed by atoms with van der Waals surface area (Å²) in [5.74, 6) is -1.88. The number of alkyl halides is 3. The highest BCUT2D eigenvalue weighted by Crippen LogP contribution is 2.41. The quantitative estimate of drug-likeness (QED) is 0.601. The van der Waals surface area contributed by atoms with Crippen LogP contribution in [-0.2, 0) is 11.0 Å². The van der Waals surface area contributed by atoms with E-state index in [1.54, 1.807) is 0 Å². The second kappa shape index (κ2) is 3.97. The number of amides is 1. The smallest absolute Gasteiger partial charge is 0.300 e. The van der Waals surface area contributed by atoms with Gasteiger partial charge in [-0.1, -0.05) is 12.1 Å². The first-order chi connectivity index (χ1) is 8.38. The SMILES string of the molecule is C=CCN1C(=O)C(=O)c2cccc(C(F)(F)F)c21. The number of halogens is 3. The molecule has 1 aliphatic rings. The highest BCUT2D eigenvalue weighted by atomic mass is 19.4. The maximum Gasteiger partial charge on any atom is 0.418 e. The van der Waals surface area contributed by atoms with Crippen molar-refractivity contribution >= 4 is 17.4 Å². The van der Waals surface area contributed by atoms with Crippen molar-refractivity contribution in [2.24, 2.45) is 0 Å². The van der Waals surface area contributed by atoms with Gasteiger partial charge in [0.2, 0.25) is 0 Å². The van der Waals surface area contributed by atoms with Gasteiger partial charge in [-0.2, -0.15) is 13.2 Å². The number of benzene rings is 1. The van der Waals surface area contributed by atoms with Crippen molar-refractivity contribution in [1.82, 2.24) is 0 Å². The zero-order valence-corrected chi connectivity index (χ0v) is 9.12. The number of carbonyl (C=O) groups excluding carboxylic acids is 2. The van der Waals surface area contributed by atoms with Crippen LogP contribution in [0.2, 0.25) is 0 Å². The number of nitrogens with zero attached hydrogens (tertiary/aromatic N) is 1. The monoisotopic (exact) mass is 255 g/mol. The van der Waals surface area contributed by atoms with Crippen LogP contribution < -0.4 is 4.90 Å². The van der Waals surface area contributed by atoms with Crippen LogP contribution in [0.15, 0.2) is 30.9 Å². The van der Waals surface area contributed by atoms with Crippen molar-refractivity contribution in [1.29, 1.82) is 0 Å². The molecule has 0 unspecified atom stereocenters. The summed E-state index contributed by atoms with van der Waals surface area (Å²) in [7, 11) is 0. The Hall–Kier alpha value is -2.11. The van der Waals surface area contributed by atoms with E-state index in [0.717, 1.165) is 17.0 Å². The van der Waals surface area contributed by atoms with Crippen LogP contribution in [0.1, 0.15) is 15.9 Å². The lowest BCUT2D eigenvalue weighted by molar-refractivity contribution is -0.137. The fourth-order valence-corrected chi connectivity index (χ4v) is 1.89. The number of fused-ring (bicyclic) bond motifs is 1. The molecule has 3 nitrogen and oxygen atoms in total. The van der Waals surface area contributed by atoms with Crippen LogP contribution in [0.5, 0.6) is 0 Å². The average Bonchev–Trinajstić information content (AvgIpc) is 2.54. The molecule has 2 rings (SSSR count). The standard InChI is InChI=1S/C12H8F3NO2/c1-2-6-16-9-7(10(17)11(16)18)4-3-5-8(9)12(13,14)15/h2-5H,1,6H2. The Labute approximate surface area is 101 Å². The highest BCUT2D eigenvalue weighted by Gasteiger charge is 2.43.